The van der Waals surface area contributed by atoms with E-state index in [9.17, 15) is 0 Å². The van der Waals surface area contributed by atoms with Crippen LogP contribution in [0.25, 0.3) is 0 Å². The molecule has 0 saturated heterocycles. The van der Waals surface area contributed by atoms with Crippen LogP contribution >= 0.6 is 0 Å². The lowest BCUT2D eigenvalue weighted by atomic mass is 9.94. The molecule has 0 radical (unpaired) electrons. The molecule has 0 aromatic heterocycles. The van der Waals surface area contributed by atoms with Crippen molar-refractivity contribution in [3.05, 3.63) is 0 Å². The van der Waals surface area contributed by atoms with Crippen LogP contribution < -0.4 is 0 Å². The van der Waals surface area contributed by atoms with Gasteiger partial charge in [0.25, 0.3) is 0 Å². The van der Waals surface area contributed by atoms with Gasteiger partial charge in [-0.15, -0.1) is 0 Å². The highest BCUT2D eigenvalue weighted by atomic mass is 16.5. The second-order valence-electron chi connectivity index (χ2n) is 4.40. The Morgan fingerprint density at radius 3 is 2.31 bits per heavy atom. The molecular weight excluding hydrogens is 160 g/mol. The van der Waals surface area contributed by atoms with Crippen molar-refractivity contribution in [3.63, 3.8) is 0 Å². The van der Waals surface area contributed by atoms with E-state index in [1.165, 1.54) is 57.8 Å². The smallest absolute Gasteiger partial charge is 0.0678 e. The highest BCUT2D eigenvalue weighted by Gasteiger charge is 2.32. The molecule has 1 aliphatic carbocycles. The summed E-state index contributed by atoms with van der Waals surface area (Å²) >= 11 is 0. The molecule has 1 nitrogen and oxygen atoms in total. The zero-order valence-corrected chi connectivity index (χ0v) is 9.27. The molecule has 1 heteroatoms. The van der Waals surface area contributed by atoms with Gasteiger partial charge in [0.1, 0.15) is 0 Å². The summed E-state index contributed by atoms with van der Waals surface area (Å²) in [5.74, 6) is 0. The van der Waals surface area contributed by atoms with E-state index in [1.54, 1.807) is 0 Å². The fourth-order valence-electron chi connectivity index (χ4n) is 2.45. The lowest BCUT2D eigenvalue weighted by Crippen LogP contribution is -2.26. The predicted molar refractivity (Wildman–Crippen MR) is 57.0 cm³/mol. The van der Waals surface area contributed by atoms with Crippen LogP contribution in [0.5, 0.6) is 0 Å². The van der Waals surface area contributed by atoms with Crippen LogP contribution in [0.2, 0.25) is 0 Å². The van der Waals surface area contributed by atoms with Crippen LogP contribution in [0.4, 0.5) is 0 Å². The quantitative estimate of drug-likeness (QED) is 0.569. The lowest BCUT2D eigenvalue weighted by molar-refractivity contribution is -0.0131. The SMILES string of the molecule is CCCCCCC1(OC)CCCC1. The van der Waals surface area contributed by atoms with E-state index in [0.717, 1.165) is 0 Å². The van der Waals surface area contributed by atoms with Gasteiger partial charge in [0, 0.05) is 7.11 Å². The number of unbranched alkanes of at least 4 members (excludes halogenated alkanes) is 3. The summed E-state index contributed by atoms with van der Waals surface area (Å²) in [6, 6.07) is 0. The molecule has 1 aliphatic rings. The van der Waals surface area contributed by atoms with Gasteiger partial charge in [-0.2, -0.15) is 0 Å². The third-order valence-electron chi connectivity index (χ3n) is 3.43. The molecule has 0 spiro atoms. The highest BCUT2D eigenvalue weighted by Crippen LogP contribution is 2.36. The molecule has 0 aromatic rings. The Hall–Kier alpha value is -0.0400. The number of ether oxygens (including phenoxy) is 1. The van der Waals surface area contributed by atoms with Gasteiger partial charge in [0.05, 0.1) is 5.60 Å². The lowest BCUT2D eigenvalue weighted by Gasteiger charge is -2.27. The number of hydrogen-bond donors (Lipinski definition) is 0. The van der Waals surface area contributed by atoms with Gasteiger partial charge < -0.3 is 4.74 Å². The fourth-order valence-corrected chi connectivity index (χ4v) is 2.45. The van der Waals surface area contributed by atoms with Gasteiger partial charge >= 0.3 is 0 Å². The topological polar surface area (TPSA) is 9.23 Å². The first-order chi connectivity index (χ1) is 6.33. The maximum Gasteiger partial charge on any atom is 0.0678 e. The van der Waals surface area contributed by atoms with E-state index < -0.39 is 0 Å². The van der Waals surface area contributed by atoms with Gasteiger partial charge in [0.2, 0.25) is 0 Å². The summed E-state index contributed by atoms with van der Waals surface area (Å²) in [6.07, 6.45) is 12.1. The van der Waals surface area contributed by atoms with E-state index in [4.69, 9.17) is 4.74 Å². The van der Waals surface area contributed by atoms with E-state index in [-0.39, 0.29) is 5.60 Å². The Labute approximate surface area is 82.9 Å². The Morgan fingerprint density at radius 2 is 1.77 bits per heavy atom. The van der Waals surface area contributed by atoms with Gasteiger partial charge in [-0.1, -0.05) is 45.4 Å². The first-order valence-corrected chi connectivity index (χ1v) is 5.88. The van der Waals surface area contributed by atoms with Crippen LogP contribution in [0.1, 0.15) is 64.7 Å². The standard InChI is InChI=1S/C12H24O/c1-3-4-5-6-9-12(13-2)10-7-8-11-12/h3-11H2,1-2H3. The number of rotatable bonds is 6. The monoisotopic (exact) mass is 184 g/mol. The summed E-state index contributed by atoms with van der Waals surface area (Å²) in [6.45, 7) is 2.27. The Morgan fingerprint density at radius 1 is 1.08 bits per heavy atom. The van der Waals surface area contributed by atoms with Crippen molar-refractivity contribution in [2.75, 3.05) is 7.11 Å². The van der Waals surface area contributed by atoms with Crippen molar-refractivity contribution in [2.45, 2.75) is 70.3 Å². The second-order valence-corrected chi connectivity index (χ2v) is 4.40. The molecule has 0 unspecified atom stereocenters. The molecule has 0 aliphatic heterocycles. The van der Waals surface area contributed by atoms with Crippen molar-refractivity contribution in [1.29, 1.82) is 0 Å². The molecule has 0 heterocycles. The van der Waals surface area contributed by atoms with E-state index in [1.807, 2.05) is 7.11 Å². The molecule has 0 N–H and O–H groups in total. The first-order valence-electron chi connectivity index (χ1n) is 5.88. The van der Waals surface area contributed by atoms with Gasteiger partial charge in [0.15, 0.2) is 0 Å². The Bertz CT molecular complexity index is 125. The summed E-state index contributed by atoms with van der Waals surface area (Å²) in [5, 5.41) is 0. The minimum absolute atomic E-state index is 0.285. The number of methoxy groups -OCH3 is 1. The van der Waals surface area contributed by atoms with Crippen LogP contribution in [-0.4, -0.2) is 12.7 Å². The molecule has 0 amide bonds. The first kappa shape index (κ1) is 11.0. The van der Waals surface area contributed by atoms with Crippen molar-refractivity contribution in [2.24, 2.45) is 0 Å². The summed E-state index contributed by atoms with van der Waals surface area (Å²) < 4.78 is 5.68. The van der Waals surface area contributed by atoms with Gasteiger partial charge in [-0.05, 0) is 19.3 Å². The summed E-state index contributed by atoms with van der Waals surface area (Å²) in [4.78, 5) is 0. The van der Waals surface area contributed by atoms with Crippen molar-refractivity contribution >= 4 is 0 Å². The van der Waals surface area contributed by atoms with Gasteiger partial charge in [-0.3, -0.25) is 0 Å². The Balaban J connectivity index is 2.16. The predicted octanol–water partition coefficient (Wildman–Crippen LogP) is 3.92. The molecule has 0 aromatic carbocycles. The summed E-state index contributed by atoms with van der Waals surface area (Å²) in [7, 11) is 1.89. The third-order valence-corrected chi connectivity index (χ3v) is 3.43. The molecular formula is C12H24O. The van der Waals surface area contributed by atoms with Crippen molar-refractivity contribution in [3.8, 4) is 0 Å². The molecule has 1 rings (SSSR count). The minimum atomic E-state index is 0.285. The largest absolute Gasteiger partial charge is 0.378 e. The molecule has 0 bridgehead atoms. The average molecular weight is 184 g/mol. The van der Waals surface area contributed by atoms with Crippen molar-refractivity contribution in [1.82, 2.24) is 0 Å². The maximum atomic E-state index is 5.68. The molecule has 78 valence electrons. The minimum Gasteiger partial charge on any atom is -0.378 e. The van der Waals surface area contributed by atoms with Gasteiger partial charge in [-0.25, -0.2) is 0 Å². The normalized spacial score (nSPS) is 20.8. The summed E-state index contributed by atoms with van der Waals surface area (Å²) in [5.41, 5.74) is 0.285. The molecule has 1 saturated carbocycles. The number of hydrogen-bond acceptors (Lipinski definition) is 1. The van der Waals surface area contributed by atoms with Crippen LogP contribution in [0.15, 0.2) is 0 Å². The van der Waals surface area contributed by atoms with Crippen LogP contribution in [-0.2, 0) is 4.74 Å². The van der Waals surface area contributed by atoms with Crippen LogP contribution in [0, 0.1) is 0 Å². The van der Waals surface area contributed by atoms with Crippen LogP contribution in [0.3, 0.4) is 0 Å². The van der Waals surface area contributed by atoms with E-state index in [2.05, 4.69) is 6.92 Å². The molecule has 0 atom stereocenters. The van der Waals surface area contributed by atoms with Crippen molar-refractivity contribution < 1.29 is 4.74 Å². The highest BCUT2D eigenvalue weighted by molar-refractivity contribution is 4.85. The van der Waals surface area contributed by atoms with E-state index >= 15 is 0 Å². The zero-order valence-electron chi connectivity index (χ0n) is 9.27. The maximum absolute atomic E-state index is 5.68. The Kier molecular flexibility index (Phi) is 4.79. The second kappa shape index (κ2) is 5.64. The average Bonchev–Trinajstić information content (AvgIpc) is 2.62. The fraction of sp³-hybridized carbons (Fsp3) is 1.00. The van der Waals surface area contributed by atoms with E-state index in [0.29, 0.717) is 0 Å². The third kappa shape index (κ3) is 3.30. The molecule has 1 fully saturated rings. The molecule has 13 heavy (non-hydrogen) atoms. The zero-order chi connectivity index (χ0) is 9.57.